The molecule has 5 heteroatoms. The van der Waals surface area contributed by atoms with Crippen molar-refractivity contribution in [3.63, 3.8) is 0 Å². The van der Waals surface area contributed by atoms with Gasteiger partial charge in [-0.3, -0.25) is 0 Å². The minimum atomic E-state index is 0.258. The van der Waals surface area contributed by atoms with Gasteiger partial charge in [-0.15, -0.1) is 0 Å². The van der Waals surface area contributed by atoms with E-state index < -0.39 is 0 Å². The molecule has 3 nitrogen and oxygen atoms in total. The lowest BCUT2D eigenvalue weighted by Gasteiger charge is -2.36. The fraction of sp³-hybridized carbons (Fsp3) is 0.533. The second-order valence-corrected chi connectivity index (χ2v) is 6.59. The van der Waals surface area contributed by atoms with Crippen molar-refractivity contribution < 1.29 is 0 Å². The van der Waals surface area contributed by atoms with Gasteiger partial charge >= 0.3 is 0 Å². The van der Waals surface area contributed by atoms with Crippen LogP contribution in [0.5, 0.6) is 0 Å². The molecule has 0 bridgehead atoms. The Labute approximate surface area is 131 Å². The molecule has 0 amide bonds. The Bertz CT molecular complexity index is 496. The monoisotopic (exact) mass is 311 g/mol. The standard InChI is InChI=1S/C15H22ClN3S/c1-19(2)15(7-3-4-8-15)10-18-11-5-6-12(14(17)20)13(16)9-11/h5-6,9,18H,3-4,7-8,10H2,1-2H3,(H2,17,20). The topological polar surface area (TPSA) is 41.3 Å². The molecule has 0 aromatic heterocycles. The average Bonchev–Trinajstić information content (AvgIpc) is 2.86. The number of likely N-dealkylation sites (N-methyl/N-ethyl adjacent to an activating group) is 1. The number of nitrogens with zero attached hydrogens (tertiary/aromatic N) is 1. The summed E-state index contributed by atoms with van der Waals surface area (Å²) < 4.78 is 0. The van der Waals surface area contributed by atoms with Crippen LogP contribution in [0.25, 0.3) is 0 Å². The Morgan fingerprint density at radius 3 is 2.55 bits per heavy atom. The minimum absolute atomic E-state index is 0.258. The van der Waals surface area contributed by atoms with Crippen LogP contribution in [0, 0.1) is 0 Å². The normalized spacial score (nSPS) is 17.4. The quantitative estimate of drug-likeness (QED) is 0.819. The van der Waals surface area contributed by atoms with Crippen LogP contribution in [-0.4, -0.2) is 36.1 Å². The van der Waals surface area contributed by atoms with E-state index in [9.17, 15) is 0 Å². The molecule has 1 aliphatic rings. The number of hydrogen-bond acceptors (Lipinski definition) is 3. The van der Waals surface area contributed by atoms with E-state index in [1.165, 1.54) is 25.7 Å². The summed E-state index contributed by atoms with van der Waals surface area (Å²) in [5.74, 6) is 0. The molecule has 1 saturated carbocycles. The molecule has 0 radical (unpaired) electrons. The van der Waals surface area contributed by atoms with Crippen molar-refractivity contribution in [1.29, 1.82) is 0 Å². The molecule has 1 fully saturated rings. The highest BCUT2D eigenvalue weighted by molar-refractivity contribution is 7.80. The number of nitrogens with two attached hydrogens (primary N) is 1. The average molecular weight is 312 g/mol. The summed E-state index contributed by atoms with van der Waals surface area (Å²) in [4.78, 5) is 2.68. The molecular weight excluding hydrogens is 290 g/mol. The Hall–Kier alpha value is -0.840. The molecule has 2 rings (SSSR count). The number of benzene rings is 1. The zero-order chi connectivity index (χ0) is 14.8. The predicted octanol–water partition coefficient (Wildman–Crippen LogP) is 3.26. The molecule has 20 heavy (non-hydrogen) atoms. The number of hydrogen-bond donors (Lipinski definition) is 2. The van der Waals surface area contributed by atoms with E-state index >= 15 is 0 Å². The molecule has 0 aliphatic heterocycles. The molecule has 0 atom stereocenters. The van der Waals surface area contributed by atoms with E-state index in [0.717, 1.165) is 17.8 Å². The van der Waals surface area contributed by atoms with Crippen LogP contribution in [0.15, 0.2) is 18.2 Å². The van der Waals surface area contributed by atoms with Crippen molar-refractivity contribution >= 4 is 34.5 Å². The molecule has 0 spiro atoms. The first-order chi connectivity index (χ1) is 9.44. The van der Waals surface area contributed by atoms with Gasteiger partial charge < -0.3 is 16.0 Å². The molecule has 1 aromatic carbocycles. The highest BCUT2D eigenvalue weighted by Crippen LogP contribution is 2.34. The molecule has 0 unspecified atom stereocenters. The summed E-state index contributed by atoms with van der Waals surface area (Å²) >= 11 is 11.2. The van der Waals surface area contributed by atoms with E-state index in [4.69, 9.17) is 29.6 Å². The predicted molar refractivity (Wildman–Crippen MR) is 90.7 cm³/mol. The third kappa shape index (κ3) is 3.25. The van der Waals surface area contributed by atoms with E-state index in [2.05, 4.69) is 24.3 Å². The number of halogens is 1. The van der Waals surface area contributed by atoms with Crippen LogP contribution >= 0.6 is 23.8 Å². The van der Waals surface area contributed by atoms with E-state index in [1.54, 1.807) is 0 Å². The minimum Gasteiger partial charge on any atom is -0.389 e. The van der Waals surface area contributed by atoms with E-state index in [1.807, 2.05) is 18.2 Å². The van der Waals surface area contributed by atoms with Crippen molar-refractivity contribution in [2.75, 3.05) is 26.0 Å². The molecular formula is C15H22ClN3S. The van der Waals surface area contributed by atoms with Crippen molar-refractivity contribution in [3.05, 3.63) is 28.8 Å². The number of anilines is 1. The molecule has 110 valence electrons. The van der Waals surface area contributed by atoms with Gasteiger partial charge in [-0.25, -0.2) is 0 Å². The summed E-state index contributed by atoms with van der Waals surface area (Å²) in [6.45, 7) is 0.933. The van der Waals surface area contributed by atoms with Crippen molar-refractivity contribution in [3.8, 4) is 0 Å². The highest BCUT2D eigenvalue weighted by atomic mass is 35.5. The van der Waals surface area contributed by atoms with E-state index in [0.29, 0.717) is 10.0 Å². The van der Waals surface area contributed by atoms with Crippen LogP contribution in [0.3, 0.4) is 0 Å². The Balaban J connectivity index is 2.07. The summed E-state index contributed by atoms with van der Waals surface area (Å²) in [6.07, 6.45) is 5.10. The first-order valence-electron chi connectivity index (χ1n) is 6.95. The van der Waals surface area contributed by atoms with Gasteiger partial charge in [0.15, 0.2) is 0 Å². The fourth-order valence-electron chi connectivity index (χ4n) is 2.91. The Morgan fingerprint density at radius 2 is 2.05 bits per heavy atom. The van der Waals surface area contributed by atoms with Crippen LogP contribution < -0.4 is 11.1 Å². The van der Waals surface area contributed by atoms with Crippen molar-refractivity contribution in [1.82, 2.24) is 4.90 Å². The maximum atomic E-state index is 6.20. The molecule has 0 heterocycles. The molecule has 3 N–H and O–H groups in total. The van der Waals surface area contributed by atoms with Gasteiger partial charge in [-0.1, -0.05) is 36.7 Å². The van der Waals surface area contributed by atoms with Gasteiger partial charge in [-0.05, 0) is 45.1 Å². The first kappa shape index (κ1) is 15.5. The van der Waals surface area contributed by atoms with Gasteiger partial charge in [0, 0.05) is 23.3 Å². The van der Waals surface area contributed by atoms with Gasteiger partial charge in [-0.2, -0.15) is 0 Å². The second-order valence-electron chi connectivity index (χ2n) is 5.74. The SMILES string of the molecule is CN(C)C1(CNc2ccc(C(N)=S)c(Cl)c2)CCCC1. The van der Waals surface area contributed by atoms with Crippen molar-refractivity contribution in [2.24, 2.45) is 5.73 Å². The van der Waals surface area contributed by atoms with Gasteiger partial charge in [0.25, 0.3) is 0 Å². The zero-order valence-corrected chi connectivity index (χ0v) is 13.7. The summed E-state index contributed by atoms with van der Waals surface area (Å²) in [5, 5.41) is 4.11. The Kier molecular flexibility index (Phi) is 4.89. The van der Waals surface area contributed by atoms with E-state index in [-0.39, 0.29) is 5.54 Å². The van der Waals surface area contributed by atoms with Gasteiger partial charge in [0.05, 0.1) is 5.02 Å². The van der Waals surface area contributed by atoms with Crippen LogP contribution in [0.2, 0.25) is 5.02 Å². The third-order valence-corrected chi connectivity index (χ3v) is 4.87. The second kappa shape index (κ2) is 6.29. The maximum absolute atomic E-state index is 6.20. The third-order valence-electron chi connectivity index (χ3n) is 4.34. The van der Waals surface area contributed by atoms with Crippen LogP contribution in [0.4, 0.5) is 5.69 Å². The maximum Gasteiger partial charge on any atom is 0.105 e. The first-order valence-corrected chi connectivity index (χ1v) is 7.74. The summed E-state index contributed by atoms with van der Waals surface area (Å²) in [5.41, 5.74) is 7.63. The largest absolute Gasteiger partial charge is 0.389 e. The molecule has 0 saturated heterocycles. The van der Waals surface area contributed by atoms with Crippen LogP contribution in [0.1, 0.15) is 31.2 Å². The Morgan fingerprint density at radius 1 is 1.40 bits per heavy atom. The molecule has 1 aromatic rings. The summed E-state index contributed by atoms with van der Waals surface area (Å²) in [6, 6.07) is 5.76. The summed E-state index contributed by atoms with van der Waals surface area (Å²) in [7, 11) is 4.33. The molecule has 1 aliphatic carbocycles. The lowest BCUT2D eigenvalue weighted by Crippen LogP contribution is -2.47. The lowest BCUT2D eigenvalue weighted by atomic mass is 9.96. The zero-order valence-electron chi connectivity index (χ0n) is 12.1. The smallest absolute Gasteiger partial charge is 0.105 e. The van der Waals surface area contributed by atoms with Crippen LogP contribution in [-0.2, 0) is 0 Å². The lowest BCUT2D eigenvalue weighted by molar-refractivity contribution is 0.172. The number of nitrogens with one attached hydrogen (secondary N) is 1. The van der Waals surface area contributed by atoms with Crippen molar-refractivity contribution in [2.45, 2.75) is 31.2 Å². The van der Waals surface area contributed by atoms with Gasteiger partial charge in [0.1, 0.15) is 4.99 Å². The van der Waals surface area contributed by atoms with Gasteiger partial charge in [0.2, 0.25) is 0 Å². The fourth-order valence-corrected chi connectivity index (χ4v) is 3.42. The number of thiocarbonyl (C=S) groups is 1. The number of rotatable bonds is 5. The highest BCUT2D eigenvalue weighted by Gasteiger charge is 2.35.